The van der Waals surface area contributed by atoms with Crippen molar-refractivity contribution in [1.29, 1.82) is 0 Å². The maximum atomic E-state index is 11.8. The van der Waals surface area contributed by atoms with Gasteiger partial charge in [0.15, 0.2) is 0 Å². The van der Waals surface area contributed by atoms with E-state index in [1.807, 2.05) is 0 Å². The van der Waals surface area contributed by atoms with Crippen LogP contribution in [0.2, 0.25) is 0 Å². The Bertz CT molecular complexity index is 502. The van der Waals surface area contributed by atoms with Crippen molar-refractivity contribution < 1.29 is 4.79 Å². The van der Waals surface area contributed by atoms with E-state index in [1.54, 1.807) is 0 Å². The molecular weight excluding hydrogens is 244 g/mol. The number of ketones is 1. The lowest BCUT2D eigenvalue weighted by molar-refractivity contribution is -0.127. The minimum absolute atomic E-state index is 0.386. The molecule has 20 heavy (non-hydrogen) atoms. The van der Waals surface area contributed by atoms with Crippen LogP contribution in [0.5, 0.6) is 0 Å². The van der Waals surface area contributed by atoms with Gasteiger partial charge < -0.3 is 0 Å². The Labute approximate surface area is 122 Å². The molecule has 4 rings (SSSR count). The average Bonchev–Trinajstić information content (AvgIpc) is 2.81. The molecule has 0 aliphatic heterocycles. The number of allylic oxidation sites excluding steroid dienone is 4. The minimum Gasteiger partial charge on any atom is -0.300 e. The SMILES string of the molecule is C[C@@]12C=CC[C@H]1[C@@H]1C=CC3CC(=O)CC[C@]3(C)[C@H]1CC2. The van der Waals surface area contributed by atoms with E-state index in [0.717, 1.165) is 37.0 Å². The summed E-state index contributed by atoms with van der Waals surface area (Å²) in [4.78, 5) is 11.8. The summed E-state index contributed by atoms with van der Waals surface area (Å²) in [5.74, 6) is 3.37. The van der Waals surface area contributed by atoms with Gasteiger partial charge in [0.05, 0.1) is 0 Å². The average molecular weight is 270 g/mol. The second-order valence-corrected chi connectivity index (χ2v) is 8.21. The Morgan fingerprint density at radius 1 is 1.15 bits per heavy atom. The van der Waals surface area contributed by atoms with Crippen LogP contribution in [0.15, 0.2) is 24.3 Å². The third-order valence-corrected chi connectivity index (χ3v) is 7.31. The Morgan fingerprint density at radius 2 is 2.00 bits per heavy atom. The van der Waals surface area contributed by atoms with Crippen LogP contribution in [0.3, 0.4) is 0 Å². The van der Waals surface area contributed by atoms with Gasteiger partial charge in [-0.1, -0.05) is 38.2 Å². The van der Waals surface area contributed by atoms with Crippen molar-refractivity contribution in [2.75, 3.05) is 0 Å². The summed E-state index contributed by atoms with van der Waals surface area (Å²) in [5.41, 5.74) is 0.830. The maximum Gasteiger partial charge on any atom is 0.133 e. The zero-order chi connectivity index (χ0) is 14.0. The molecule has 0 amide bonds. The second-order valence-electron chi connectivity index (χ2n) is 8.21. The monoisotopic (exact) mass is 270 g/mol. The van der Waals surface area contributed by atoms with Gasteiger partial charge in [-0.15, -0.1) is 0 Å². The first-order valence-corrected chi connectivity index (χ1v) is 8.41. The summed E-state index contributed by atoms with van der Waals surface area (Å²) in [6.07, 6.45) is 16.5. The van der Waals surface area contributed by atoms with Crippen molar-refractivity contribution in [1.82, 2.24) is 0 Å². The third-order valence-electron chi connectivity index (χ3n) is 7.31. The van der Waals surface area contributed by atoms with Crippen molar-refractivity contribution >= 4 is 5.78 Å². The first-order valence-electron chi connectivity index (χ1n) is 8.41. The summed E-state index contributed by atoms with van der Waals surface area (Å²) < 4.78 is 0. The van der Waals surface area contributed by atoms with E-state index in [9.17, 15) is 4.79 Å². The standard InChI is InChI=1S/C19H26O/c1-18-9-3-4-16(18)15-6-5-13-12-14(20)7-11-19(13,2)17(15)8-10-18/h3,5-6,9,13,15-17H,4,7-8,10-12H2,1-2H3/t13?,15-,16-,17-,18-,19-/m0/s1. The molecule has 1 unspecified atom stereocenters. The summed E-state index contributed by atoms with van der Waals surface area (Å²) >= 11 is 0. The molecular formula is C19H26O. The highest BCUT2D eigenvalue weighted by Gasteiger charge is 2.55. The smallest absolute Gasteiger partial charge is 0.133 e. The number of rotatable bonds is 0. The Balaban J connectivity index is 1.70. The molecule has 108 valence electrons. The van der Waals surface area contributed by atoms with Gasteiger partial charge in [-0.05, 0) is 60.2 Å². The van der Waals surface area contributed by atoms with E-state index >= 15 is 0 Å². The number of Topliss-reactive ketones (excluding diaryl/α,β-unsaturated/α-hetero) is 1. The summed E-state index contributed by atoms with van der Waals surface area (Å²) in [6, 6.07) is 0. The lowest BCUT2D eigenvalue weighted by Gasteiger charge is -2.57. The number of fused-ring (bicyclic) bond motifs is 5. The van der Waals surface area contributed by atoms with Gasteiger partial charge in [0.1, 0.15) is 5.78 Å². The molecule has 6 atom stereocenters. The lowest BCUT2D eigenvalue weighted by Crippen LogP contribution is -2.50. The number of hydrogen-bond donors (Lipinski definition) is 0. The Morgan fingerprint density at radius 3 is 2.85 bits per heavy atom. The van der Waals surface area contributed by atoms with E-state index in [4.69, 9.17) is 0 Å². The van der Waals surface area contributed by atoms with Crippen molar-refractivity contribution in [2.45, 2.75) is 52.4 Å². The molecule has 0 aromatic rings. The van der Waals surface area contributed by atoms with E-state index in [0.29, 0.717) is 22.5 Å². The van der Waals surface area contributed by atoms with Gasteiger partial charge in [-0.2, -0.15) is 0 Å². The van der Waals surface area contributed by atoms with Crippen LogP contribution < -0.4 is 0 Å². The second kappa shape index (κ2) is 4.08. The fraction of sp³-hybridized carbons (Fsp3) is 0.737. The molecule has 0 saturated heterocycles. The van der Waals surface area contributed by atoms with Crippen molar-refractivity contribution in [2.24, 2.45) is 34.5 Å². The first-order chi connectivity index (χ1) is 9.53. The number of carbonyl (C=O) groups excluding carboxylic acids is 1. The molecule has 4 aliphatic carbocycles. The largest absolute Gasteiger partial charge is 0.300 e. The summed E-state index contributed by atoms with van der Waals surface area (Å²) in [6.45, 7) is 4.94. The van der Waals surface area contributed by atoms with Crippen LogP contribution >= 0.6 is 0 Å². The summed E-state index contributed by atoms with van der Waals surface area (Å²) in [5, 5.41) is 0. The molecule has 0 N–H and O–H groups in total. The molecule has 1 heteroatoms. The van der Waals surface area contributed by atoms with Gasteiger partial charge in [0, 0.05) is 12.8 Å². The molecule has 2 saturated carbocycles. The predicted octanol–water partition coefficient (Wildman–Crippen LogP) is 4.54. The fourth-order valence-corrected chi connectivity index (χ4v) is 5.90. The topological polar surface area (TPSA) is 17.1 Å². The quantitative estimate of drug-likeness (QED) is 0.591. The molecule has 1 nitrogen and oxygen atoms in total. The van der Waals surface area contributed by atoms with Crippen molar-refractivity contribution in [3.63, 3.8) is 0 Å². The third kappa shape index (κ3) is 1.58. The molecule has 0 aromatic carbocycles. The summed E-state index contributed by atoms with van der Waals surface area (Å²) in [7, 11) is 0. The molecule has 0 radical (unpaired) electrons. The van der Waals surface area contributed by atoms with Crippen LogP contribution in [-0.4, -0.2) is 5.78 Å². The van der Waals surface area contributed by atoms with Crippen LogP contribution in [0.1, 0.15) is 52.4 Å². The van der Waals surface area contributed by atoms with Crippen LogP contribution in [0.4, 0.5) is 0 Å². The minimum atomic E-state index is 0.386. The van der Waals surface area contributed by atoms with Crippen molar-refractivity contribution in [3.8, 4) is 0 Å². The van der Waals surface area contributed by atoms with Crippen LogP contribution in [-0.2, 0) is 4.79 Å². The molecule has 0 aromatic heterocycles. The first kappa shape index (κ1) is 12.9. The molecule has 4 aliphatic rings. The normalized spacial score (nSPS) is 53.4. The van der Waals surface area contributed by atoms with Crippen LogP contribution in [0.25, 0.3) is 0 Å². The van der Waals surface area contributed by atoms with Gasteiger partial charge >= 0.3 is 0 Å². The van der Waals surface area contributed by atoms with E-state index < -0.39 is 0 Å². The fourth-order valence-electron chi connectivity index (χ4n) is 5.90. The van der Waals surface area contributed by atoms with Gasteiger partial charge in [-0.3, -0.25) is 4.79 Å². The van der Waals surface area contributed by atoms with Gasteiger partial charge in [-0.25, -0.2) is 0 Å². The predicted molar refractivity (Wildman–Crippen MR) is 81.2 cm³/mol. The zero-order valence-electron chi connectivity index (χ0n) is 12.8. The Kier molecular flexibility index (Phi) is 2.63. The highest BCUT2D eigenvalue weighted by Crippen LogP contribution is 2.62. The van der Waals surface area contributed by atoms with Crippen molar-refractivity contribution in [3.05, 3.63) is 24.3 Å². The highest BCUT2D eigenvalue weighted by molar-refractivity contribution is 5.80. The van der Waals surface area contributed by atoms with Crippen LogP contribution in [0, 0.1) is 34.5 Å². The van der Waals surface area contributed by atoms with E-state index in [-0.39, 0.29) is 0 Å². The van der Waals surface area contributed by atoms with E-state index in [2.05, 4.69) is 38.2 Å². The molecule has 0 bridgehead atoms. The molecule has 0 spiro atoms. The lowest BCUT2D eigenvalue weighted by atomic mass is 9.47. The van der Waals surface area contributed by atoms with Gasteiger partial charge in [0.25, 0.3) is 0 Å². The zero-order valence-corrected chi connectivity index (χ0v) is 12.8. The Hall–Kier alpha value is -0.850. The molecule has 2 fully saturated rings. The van der Waals surface area contributed by atoms with E-state index in [1.165, 1.54) is 19.3 Å². The number of hydrogen-bond acceptors (Lipinski definition) is 1. The maximum absolute atomic E-state index is 11.8. The van der Waals surface area contributed by atoms with Gasteiger partial charge in [0.2, 0.25) is 0 Å². The highest BCUT2D eigenvalue weighted by atomic mass is 16.1. The number of carbonyl (C=O) groups is 1. The molecule has 0 heterocycles.